The Bertz CT molecular complexity index is 879. The largest absolute Gasteiger partial charge is 0.492 e. The number of carbonyl (C=O) groups is 1. The average Bonchev–Trinajstić information content (AvgIpc) is 2.74. The molecule has 0 atom stereocenters. The molecule has 1 amide bonds. The van der Waals surface area contributed by atoms with E-state index in [0.717, 1.165) is 42.9 Å². The molecule has 8 heteroatoms. The van der Waals surface area contributed by atoms with E-state index < -0.39 is 6.09 Å². The molecular formula is C21H28N4O4. The van der Waals surface area contributed by atoms with Crippen LogP contribution >= 0.6 is 0 Å². The van der Waals surface area contributed by atoms with Crippen LogP contribution in [0.1, 0.15) is 5.56 Å². The second kappa shape index (κ2) is 9.00. The van der Waals surface area contributed by atoms with E-state index in [1.807, 2.05) is 31.2 Å². The number of aryl methyl sites for hydroxylation is 1. The highest BCUT2D eigenvalue weighted by atomic mass is 16.5. The van der Waals surface area contributed by atoms with Gasteiger partial charge in [-0.25, -0.2) is 4.79 Å². The minimum Gasteiger partial charge on any atom is -0.492 e. The molecule has 2 heterocycles. The maximum atomic E-state index is 12.1. The van der Waals surface area contributed by atoms with Crippen LogP contribution in [0.3, 0.4) is 0 Å². The first kappa shape index (κ1) is 20.7. The van der Waals surface area contributed by atoms with Crippen LogP contribution in [0.2, 0.25) is 0 Å². The highest BCUT2D eigenvalue weighted by Gasteiger charge is 2.29. The van der Waals surface area contributed by atoms with Crippen LogP contribution in [0.15, 0.2) is 24.3 Å². The van der Waals surface area contributed by atoms with E-state index in [-0.39, 0.29) is 0 Å². The molecular weight excluding hydrogens is 372 g/mol. The van der Waals surface area contributed by atoms with E-state index in [9.17, 15) is 4.79 Å². The molecule has 0 bridgehead atoms. The summed E-state index contributed by atoms with van der Waals surface area (Å²) < 4.78 is 16.2. The van der Waals surface area contributed by atoms with E-state index >= 15 is 0 Å². The zero-order chi connectivity index (χ0) is 21.0. The number of hydrogen-bond acceptors (Lipinski definition) is 7. The van der Waals surface area contributed by atoms with Crippen LogP contribution in [0.5, 0.6) is 11.6 Å². The third kappa shape index (κ3) is 4.22. The maximum absolute atomic E-state index is 12.1. The fourth-order valence-corrected chi connectivity index (χ4v) is 3.49. The molecule has 2 aromatic rings. The summed E-state index contributed by atoms with van der Waals surface area (Å²) in [5.74, 6) is 1.60. The lowest BCUT2D eigenvalue weighted by Gasteiger charge is -2.34. The van der Waals surface area contributed by atoms with E-state index in [4.69, 9.17) is 19.2 Å². The highest BCUT2D eigenvalue weighted by molar-refractivity contribution is 5.98. The van der Waals surface area contributed by atoms with Crippen molar-refractivity contribution in [2.24, 2.45) is 0 Å². The molecule has 1 saturated heterocycles. The number of rotatable bonds is 5. The van der Waals surface area contributed by atoms with Crippen LogP contribution in [0, 0.1) is 6.92 Å². The fourth-order valence-electron chi connectivity index (χ4n) is 3.49. The second-order valence-corrected chi connectivity index (χ2v) is 6.95. The number of anilines is 2. The van der Waals surface area contributed by atoms with E-state index in [1.54, 1.807) is 7.11 Å². The maximum Gasteiger partial charge on any atom is 0.411 e. The molecule has 156 valence electrons. The molecule has 1 aromatic carbocycles. The number of benzene rings is 1. The Morgan fingerprint density at radius 1 is 1.07 bits per heavy atom. The van der Waals surface area contributed by atoms with Gasteiger partial charge in [-0.1, -0.05) is 24.3 Å². The number of piperazine rings is 1. The number of carbonyl (C=O) groups excluding carboxylic acids is 1. The molecule has 29 heavy (non-hydrogen) atoms. The standard InChI is InChI=1S/C21H28N4O4/c1-14-8-6-7-9-15(14)16-17(22-21(26)29-5)20(28-4)23-19(18(16)27-3)25-12-10-24(2)11-13-25/h6-9H,10-13H2,1-5H3,(H,22,26). The zero-order valence-electron chi connectivity index (χ0n) is 17.6. The number of hydrogen-bond donors (Lipinski definition) is 1. The van der Waals surface area contributed by atoms with E-state index in [0.29, 0.717) is 23.1 Å². The lowest BCUT2D eigenvalue weighted by Crippen LogP contribution is -2.45. The van der Waals surface area contributed by atoms with Crippen LogP contribution in [0.4, 0.5) is 16.3 Å². The summed E-state index contributed by atoms with van der Waals surface area (Å²) in [6.07, 6.45) is -0.602. The highest BCUT2D eigenvalue weighted by Crippen LogP contribution is 2.47. The summed E-state index contributed by atoms with van der Waals surface area (Å²) in [4.78, 5) is 21.2. The minimum absolute atomic E-state index is 0.309. The van der Waals surface area contributed by atoms with Gasteiger partial charge in [-0.15, -0.1) is 0 Å². The van der Waals surface area contributed by atoms with Gasteiger partial charge in [0.1, 0.15) is 5.69 Å². The molecule has 1 N–H and O–H groups in total. The van der Waals surface area contributed by atoms with Crippen molar-refractivity contribution in [3.05, 3.63) is 29.8 Å². The van der Waals surface area contributed by atoms with E-state index in [2.05, 4.69) is 22.2 Å². The first-order valence-electron chi connectivity index (χ1n) is 9.50. The fraction of sp³-hybridized carbons (Fsp3) is 0.429. The molecule has 1 aliphatic rings. The van der Waals surface area contributed by atoms with Gasteiger partial charge in [-0.3, -0.25) is 5.32 Å². The topological polar surface area (TPSA) is 76.2 Å². The Hall–Kier alpha value is -3.00. The monoisotopic (exact) mass is 400 g/mol. The summed E-state index contributed by atoms with van der Waals surface area (Å²) in [5.41, 5.74) is 3.10. The third-order valence-corrected chi connectivity index (χ3v) is 5.13. The summed E-state index contributed by atoms with van der Waals surface area (Å²) in [5, 5.41) is 2.76. The zero-order valence-corrected chi connectivity index (χ0v) is 17.6. The van der Waals surface area contributed by atoms with Gasteiger partial charge in [0.15, 0.2) is 11.6 Å². The first-order valence-corrected chi connectivity index (χ1v) is 9.50. The summed E-state index contributed by atoms with van der Waals surface area (Å²) in [6.45, 7) is 5.50. The van der Waals surface area contributed by atoms with Crippen molar-refractivity contribution in [3.8, 4) is 22.8 Å². The average molecular weight is 400 g/mol. The number of methoxy groups -OCH3 is 3. The Kier molecular flexibility index (Phi) is 6.43. The van der Waals surface area contributed by atoms with Crippen molar-refractivity contribution >= 4 is 17.6 Å². The molecule has 3 rings (SSSR count). The van der Waals surface area contributed by atoms with Crippen molar-refractivity contribution < 1.29 is 19.0 Å². The SMILES string of the molecule is COC(=O)Nc1c(OC)nc(N2CCN(C)CC2)c(OC)c1-c1ccccc1C. The van der Waals surface area contributed by atoms with Gasteiger partial charge in [0.2, 0.25) is 5.88 Å². The van der Waals surface area contributed by atoms with Crippen LogP contribution in [-0.2, 0) is 4.74 Å². The Labute approximate surface area is 171 Å². The quantitative estimate of drug-likeness (QED) is 0.827. The van der Waals surface area contributed by atoms with Gasteiger partial charge in [-0.05, 0) is 25.1 Å². The van der Waals surface area contributed by atoms with Gasteiger partial charge in [0.05, 0.1) is 26.9 Å². The van der Waals surface area contributed by atoms with Crippen LogP contribution in [0.25, 0.3) is 11.1 Å². The van der Waals surface area contributed by atoms with Crippen molar-refractivity contribution in [3.63, 3.8) is 0 Å². The predicted octanol–water partition coefficient (Wildman–Crippen LogP) is 3.00. The molecule has 1 aromatic heterocycles. The number of amides is 1. The summed E-state index contributed by atoms with van der Waals surface area (Å²) in [6, 6.07) is 7.92. The van der Waals surface area contributed by atoms with Crippen molar-refractivity contribution in [1.82, 2.24) is 9.88 Å². The molecule has 0 saturated carbocycles. The predicted molar refractivity (Wildman–Crippen MR) is 113 cm³/mol. The third-order valence-electron chi connectivity index (χ3n) is 5.13. The number of aromatic nitrogens is 1. The van der Waals surface area contributed by atoms with Gasteiger partial charge < -0.3 is 24.0 Å². The molecule has 0 unspecified atom stereocenters. The van der Waals surface area contributed by atoms with E-state index in [1.165, 1.54) is 14.2 Å². The Balaban J connectivity index is 2.26. The lowest BCUT2D eigenvalue weighted by atomic mass is 9.98. The molecule has 1 fully saturated rings. The molecule has 0 spiro atoms. The van der Waals surface area contributed by atoms with Crippen molar-refractivity contribution in [1.29, 1.82) is 0 Å². The lowest BCUT2D eigenvalue weighted by molar-refractivity contribution is 0.186. The summed E-state index contributed by atoms with van der Waals surface area (Å²) in [7, 11) is 6.57. The van der Waals surface area contributed by atoms with Crippen molar-refractivity contribution in [2.45, 2.75) is 6.92 Å². The van der Waals surface area contributed by atoms with Gasteiger partial charge >= 0.3 is 6.09 Å². The second-order valence-electron chi connectivity index (χ2n) is 6.95. The first-order chi connectivity index (χ1) is 14.0. The molecule has 8 nitrogen and oxygen atoms in total. The number of ether oxygens (including phenoxy) is 3. The van der Waals surface area contributed by atoms with Gasteiger partial charge in [-0.2, -0.15) is 4.98 Å². The van der Waals surface area contributed by atoms with Gasteiger partial charge in [0.25, 0.3) is 0 Å². The summed E-state index contributed by atoms with van der Waals surface area (Å²) >= 11 is 0. The number of nitrogens with one attached hydrogen (secondary N) is 1. The molecule has 0 aliphatic carbocycles. The Morgan fingerprint density at radius 3 is 2.34 bits per heavy atom. The van der Waals surface area contributed by atoms with Crippen LogP contribution in [-0.4, -0.2) is 70.5 Å². The normalized spacial score (nSPS) is 14.4. The smallest absolute Gasteiger partial charge is 0.411 e. The number of pyridine rings is 1. The molecule has 0 radical (unpaired) electrons. The van der Waals surface area contributed by atoms with Crippen molar-refractivity contribution in [2.75, 3.05) is 64.8 Å². The molecule has 1 aliphatic heterocycles. The number of likely N-dealkylation sites (N-methyl/N-ethyl adjacent to an activating group) is 1. The minimum atomic E-state index is -0.602. The van der Waals surface area contributed by atoms with Crippen LogP contribution < -0.4 is 19.7 Å². The van der Waals surface area contributed by atoms with Gasteiger partial charge in [0, 0.05) is 26.2 Å². The number of nitrogens with zero attached hydrogens (tertiary/aromatic N) is 3. The Morgan fingerprint density at radius 2 is 1.76 bits per heavy atom.